The highest BCUT2D eigenvalue weighted by atomic mass is 79.9. The normalized spacial score (nSPS) is 20.0. The Kier molecular flexibility index (Phi) is 4.50. The van der Waals surface area contributed by atoms with E-state index in [1.807, 2.05) is 0 Å². The molecule has 2 heteroatoms. The predicted octanol–water partition coefficient (Wildman–Crippen LogP) is 4.82. The fourth-order valence-electron chi connectivity index (χ4n) is 2.65. The van der Waals surface area contributed by atoms with Crippen LogP contribution in [-0.4, -0.2) is 6.04 Å². The second-order valence-electron chi connectivity index (χ2n) is 6.41. The Labute approximate surface area is 119 Å². The smallest absolute Gasteiger partial charge is 0.0222 e. The van der Waals surface area contributed by atoms with Crippen molar-refractivity contribution in [1.29, 1.82) is 0 Å². The summed E-state index contributed by atoms with van der Waals surface area (Å²) >= 11 is 3.65. The zero-order valence-corrected chi connectivity index (χ0v) is 13.3. The van der Waals surface area contributed by atoms with E-state index in [0.717, 1.165) is 6.54 Å². The van der Waals surface area contributed by atoms with Crippen LogP contribution in [0.1, 0.15) is 50.7 Å². The van der Waals surface area contributed by atoms with Gasteiger partial charge in [-0.3, -0.25) is 0 Å². The zero-order chi connectivity index (χ0) is 13.2. The van der Waals surface area contributed by atoms with E-state index in [0.29, 0.717) is 11.5 Å². The molecule has 1 aromatic rings. The molecule has 1 aliphatic rings. The number of nitrogens with one attached hydrogen (secondary N) is 1. The van der Waals surface area contributed by atoms with Crippen molar-refractivity contribution in [3.63, 3.8) is 0 Å². The molecule has 100 valence electrons. The summed E-state index contributed by atoms with van der Waals surface area (Å²) in [6.45, 7) is 7.89. The molecule has 0 atom stereocenters. The lowest BCUT2D eigenvalue weighted by molar-refractivity contribution is 0.206. The number of aryl methyl sites for hydroxylation is 1. The van der Waals surface area contributed by atoms with Crippen molar-refractivity contribution in [3.05, 3.63) is 33.8 Å². The van der Waals surface area contributed by atoms with Crippen molar-refractivity contribution < 1.29 is 0 Å². The Hall–Kier alpha value is -0.340. The van der Waals surface area contributed by atoms with Crippen LogP contribution >= 0.6 is 15.9 Å². The third-order valence-electron chi connectivity index (χ3n) is 4.13. The van der Waals surface area contributed by atoms with Crippen LogP contribution in [0.2, 0.25) is 0 Å². The first kappa shape index (κ1) is 14.1. The van der Waals surface area contributed by atoms with Gasteiger partial charge in [0.2, 0.25) is 0 Å². The van der Waals surface area contributed by atoms with Gasteiger partial charge < -0.3 is 5.32 Å². The predicted molar refractivity (Wildman–Crippen MR) is 81.8 cm³/mol. The molecule has 0 radical (unpaired) electrons. The van der Waals surface area contributed by atoms with Crippen molar-refractivity contribution in [1.82, 2.24) is 5.32 Å². The monoisotopic (exact) mass is 309 g/mol. The molecule has 1 fully saturated rings. The third-order valence-corrected chi connectivity index (χ3v) is 4.87. The average Bonchev–Trinajstić information content (AvgIpc) is 2.29. The van der Waals surface area contributed by atoms with Crippen LogP contribution < -0.4 is 5.32 Å². The highest BCUT2D eigenvalue weighted by Gasteiger charge is 2.26. The fraction of sp³-hybridized carbons (Fsp3) is 0.625. The molecule has 1 saturated carbocycles. The number of hydrogen-bond donors (Lipinski definition) is 1. The number of rotatable bonds is 3. The summed E-state index contributed by atoms with van der Waals surface area (Å²) in [7, 11) is 0. The maximum atomic E-state index is 3.71. The lowest BCUT2D eigenvalue weighted by atomic mass is 9.75. The Balaban J connectivity index is 1.85. The molecule has 0 heterocycles. The topological polar surface area (TPSA) is 12.0 Å². The van der Waals surface area contributed by atoms with Crippen molar-refractivity contribution in [2.75, 3.05) is 0 Å². The van der Waals surface area contributed by atoms with Gasteiger partial charge in [-0.1, -0.05) is 41.9 Å². The summed E-state index contributed by atoms with van der Waals surface area (Å²) in [5, 5.41) is 3.71. The summed E-state index contributed by atoms with van der Waals surface area (Å²) in [6.07, 6.45) is 5.33. The summed E-state index contributed by atoms with van der Waals surface area (Å²) in [5.41, 5.74) is 3.23. The maximum Gasteiger partial charge on any atom is 0.0222 e. The van der Waals surface area contributed by atoms with Gasteiger partial charge in [-0.2, -0.15) is 0 Å². The molecule has 18 heavy (non-hydrogen) atoms. The van der Waals surface area contributed by atoms with Crippen molar-refractivity contribution in [3.8, 4) is 0 Å². The summed E-state index contributed by atoms with van der Waals surface area (Å²) < 4.78 is 1.23. The van der Waals surface area contributed by atoms with Crippen LogP contribution in [0, 0.1) is 12.3 Å². The van der Waals surface area contributed by atoms with E-state index in [9.17, 15) is 0 Å². The van der Waals surface area contributed by atoms with Gasteiger partial charge in [0, 0.05) is 17.1 Å². The van der Waals surface area contributed by atoms with Gasteiger partial charge >= 0.3 is 0 Å². The Bertz CT molecular complexity index is 402. The Morgan fingerprint density at radius 2 is 1.94 bits per heavy atom. The summed E-state index contributed by atoms with van der Waals surface area (Å²) in [4.78, 5) is 0. The van der Waals surface area contributed by atoms with E-state index in [1.165, 1.54) is 41.3 Å². The van der Waals surface area contributed by atoms with Crippen LogP contribution in [0.25, 0.3) is 0 Å². The van der Waals surface area contributed by atoms with Gasteiger partial charge in [0.25, 0.3) is 0 Å². The molecule has 0 amide bonds. The molecule has 1 nitrogen and oxygen atoms in total. The Morgan fingerprint density at radius 1 is 1.28 bits per heavy atom. The molecule has 2 rings (SSSR count). The number of halogens is 1. The Morgan fingerprint density at radius 3 is 2.56 bits per heavy atom. The van der Waals surface area contributed by atoms with E-state index in [-0.39, 0.29) is 0 Å². The molecular weight excluding hydrogens is 286 g/mol. The largest absolute Gasteiger partial charge is 0.310 e. The minimum atomic E-state index is 0.558. The minimum Gasteiger partial charge on any atom is -0.310 e. The van der Waals surface area contributed by atoms with E-state index in [4.69, 9.17) is 0 Å². The molecule has 0 aliphatic heterocycles. The molecule has 0 unspecified atom stereocenters. The van der Waals surface area contributed by atoms with Crippen molar-refractivity contribution in [2.24, 2.45) is 5.41 Å². The summed E-state index contributed by atoms with van der Waals surface area (Å²) in [5.74, 6) is 0. The quantitative estimate of drug-likeness (QED) is 0.844. The van der Waals surface area contributed by atoms with Crippen molar-refractivity contribution >= 4 is 15.9 Å². The van der Waals surface area contributed by atoms with Gasteiger partial charge in [0.1, 0.15) is 0 Å². The van der Waals surface area contributed by atoms with E-state index in [2.05, 4.69) is 60.2 Å². The highest BCUT2D eigenvalue weighted by Crippen LogP contribution is 2.35. The minimum absolute atomic E-state index is 0.558. The van der Waals surface area contributed by atoms with Crippen LogP contribution in [0.15, 0.2) is 22.7 Å². The molecule has 0 spiro atoms. The van der Waals surface area contributed by atoms with E-state index in [1.54, 1.807) is 0 Å². The third kappa shape index (κ3) is 3.83. The molecular formula is C16H24BrN. The van der Waals surface area contributed by atoms with Crippen LogP contribution in [0.5, 0.6) is 0 Å². The molecule has 0 bridgehead atoms. The molecule has 0 aromatic heterocycles. The van der Waals surface area contributed by atoms with Gasteiger partial charge in [0.05, 0.1) is 0 Å². The fourth-order valence-corrected chi connectivity index (χ4v) is 3.29. The first-order valence-corrected chi connectivity index (χ1v) is 7.74. The molecule has 1 N–H and O–H groups in total. The van der Waals surface area contributed by atoms with Crippen LogP contribution in [-0.2, 0) is 6.54 Å². The second-order valence-corrected chi connectivity index (χ2v) is 7.27. The van der Waals surface area contributed by atoms with Gasteiger partial charge in [0.15, 0.2) is 0 Å². The lowest BCUT2D eigenvalue weighted by Gasteiger charge is -2.34. The van der Waals surface area contributed by atoms with Crippen molar-refractivity contribution in [2.45, 2.75) is 59.0 Å². The zero-order valence-electron chi connectivity index (χ0n) is 11.7. The average molecular weight is 310 g/mol. The standard InChI is InChI=1S/C16H24BrN/c1-12-4-5-13(15(17)10-12)11-18-14-6-8-16(2,3)9-7-14/h4-5,10,14,18H,6-9,11H2,1-3H3. The molecule has 1 aromatic carbocycles. The van der Waals surface area contributed by atoms with Gasteiger partial charge in [-0.05, 0) is 55.2 Å². The van der Waals surface area contributed by atoms with Crippen LogP contribution in [0.4, 0.5) is 0 Å². The lowest BCUT2D eigenvalue weighted by Crippen LogP contribution is -2.35. The van der Waals surface area contributed by atoms with Gasteiger partial charge in [-0.15, -0.1) is 0 Å². The number of benzene rings is 1. The molecule has 1 aliphatic carbocycles. The number of hydrogen-bond acceptors (Lipinski definition) is 1. The molecule has 0 saturated heterocycles. The van der Waals surface area contributed by atoms with Gasteiger partial charge in [-0.25, -0.2) is 0 Å². The first-order chi connectivity index (χ1) is 8.46. The maximum absolute atomic E-state index is 3.71. The SMILES string of the molecule is Cc1ccc(CNC2CCC(C)(C)CC2)c(Br)c1. The van der Waals surface area contributed by atoms with Crippen LogP contribution in [0.3, 0.4) is 0 Å². The second kappa shape index (κ2) is 5.75. The highest BCUT2D eigenvalue weighted by molar-refractivity contribution is 9.10. The first-order valence-electron chi connectivity index (χ1n) is 6.95. The van der Waals surface area contributed by atoms with E-state index >= 15 is 0 Å². The van der Waals surface area contributed by atoms with E-state index < -0.39 is 0 Å². The summed E-state index contributed by atoms with van der Waals surface area (Å²) in [6, 6.07) is 7.30.